The first-order valence-corrected chi connectivity index (χ1v) is 10.0. The molecule has 4 rings (SSSR count). The number of hydrogen-bond acceptors (Lipinski definition) is 2. The summed E-state index contributed by atoms with van der Waals surface area (Å²) in [5.41, 5.74) is 5.08. The van der Waals surface area contributed by atoms with E-state index < -0.39 is 0 Å². The van der Waals surface area contributed by atoms with Crippen molar-refractivity contribution in [3.05, 3.63) is 93.5 Å². The van der Waals surface area contributed by atoms with Gasteiger partial charge in [0.2, 0.25) is 0 Å². The predicted molar refractivity (Wildman–Crippen MR) is 117 cm³/mol. The standard InChI is InChI=1S/C23H20Cl2N2O/c24-19-12-20(25)14-21(13-19)26-23(28)18-9-7-16(8-10-18)15-27-11-3-5-17-4-1-2-6-22(17)27/h1-2,4,6-10,12-14H,3,5,11,15H2,(H,26,28). The quantitative estimate of drug-likeness (QED) is 0.555. The van der Waals surface area contributed by atoms with Crippen molar-refractivity contribution in [3.8, 4) is 0 Å². The highest BCUT2D eigenvalue weighted by atomic mass is 35.5. The Hall–Kier alpha value is -2.49. The van der Waals surface area contributed by atoms with Gasteiger partial charge in [-0.25, -0.2) is 0 Å². The molecule has 0 saturated carbocycles. The summed E-state index contributed by atoms with van der Waals surface area (Å²) >= 11 is 12.0. The molecule has 0 unspecified atom stereocenters. The molecule has 0 aliphatic carbocycles. The van der Waals surface area contributed by atoms with Crippen LogP contribution in [0.1, 0.15) is 27.9 Å². The zero-order chi connectivity index (χ0) is 19.5. The average Bonchev–Trinajstić information content (AvgIpc) is 2.68. The Morgan fingerprint density at radius 1 is 0.964 bits per heavy atom. The summed E-state index contributed by atoms with van der Waals surface area (Å²) in [4.78, 5) is 14.9. The number of anilines is 2. The van der Waals surface area contributed by atoms with Gasteiger partial charge in [-0.05, 0) is 60.4 Å². The number of nitrogens with one attached hydrogen (secondary N) is 1. The van der Waals surface area contributed by atoms with Crippen molar-refractivity contribution in [2.75, 3.05) is 16.8 Å². The van der Waals surface area contributed by atoms with Crippen LogP contribution in [0.15, 0.2) is 66.7 Å². The Bertz CT molecular complexity index is 981. The Morgan fingerprint density at radius 2 is 1.68 bits per heavy atom. The summed E-state index contributed by atoms with van der Waals surface area (Å²) in [5, 5.41) is 3.81. The molecule has 3 nitrogen and oxygen atoms in total. The molecular weight excluding hydrogens is 391 g/mol. The number of fused-ring (bicyclic) bond motifs is 1. The summed E-state index contributed by atoms with van der Waals surface area (Å²) in [6.45, 7) is 1.89. The summed E-state index contributed by atoms with van der Waals surface area (Å²) in [5.74, 6) is -0.187. The van der Waals surface area contributed by atoms with Crippen molar-refractivity contribution >= 4 is 40.5 Å². The van der Waals surface area contributed by atoms with Gasteiger partial charge in [0, 0.05) is 40.1 Å². The molecule has 1 amide bonds. The SMILES string of the molecule is O=C(Nc1cc(Cl)cc(Cl)c1)c1ccc(CN2CCCc3ccccc32)cc1. The van der Waals surface area contributed by atoms with Crippen molar-refractivity contribution in [2.45, 2.75) is 19.4 Å². The normalized spacial score (nSPS) is 13.1. The third-order valence-electron chi connectivity index (χ3n) is 4.92. The van der Waals surface area contributed by atoms with Gasteiger partial charge >= 0.3 is 0 Å². The first-order chi connectivity index (χ1) is 13.6. The van der Waals surface area contributed by atoms with E-state index in [4.69, 9.17) is 23.2 Å². The number of amides is 1. The van der Waals surface area contributed by atoms with E-state index >= 15 is 0 Å². The Labute approximate surface area is 174 Å². The molecule has 1 aliphatic heterocycles. The van der Waals surface area contributed by atoms with E-state index in [2.05, 4.69) is 34.5 Å². The molecule has 0 bridgehead atoms. The summed E-state index contributed by atoms with van der Waals surface area (Å²) in [7, 11) is 0. The number of halogens is 2. The number of benzene rings is 3. The molecule has 0 aromatic heterocycles. The van der Waals surface area contributed by atoms with Crippen LogP contribution in [-0.4, -0.2) is 12.5 Å². The molecule has 0 spiro atoms. The molecule has 0 saturated heterocycles. The molecule has 0 radical (unpaired) electrons. The number of carbonyl (C=O) groups is 1. The van der Waals surface area contributed by atoms with Crippen LogP contribution in [0.4, 0.5) is 11.4 Å². The van der Waals surface area contributed by atoms with Crippen LogP contribution in [0.2, 0.25) is 10.0 Å². The minimum absolute atomic E-state index is 0.187. The van der Waals surface area contributed by atoms with Gasteiger partial charge in [0.25, 0.3) is 5.91 Å². The first-order valence-electron chi connectivity index (χ1n) is 9.28. The van der Waals surface area contributed by atoms with Gasteiger partial charge < -0.3 is 10.2 Å². The number of nitrogens with zero attached hydrogens (tertiary/aromatic N) is 1. The maximum Gasteiger partial charge on any atom is 0.255 e. The highest BCUT2D eigenvalue weighted by molar-refractivity contribution is 6.35. The van der Waals surface area contributed by atoms with Crippen LogP contribution in [0, 0.1) is 0 Å². The number of para-hydroxylation sites is 1. The Morgan fingerprint density at radius 3 is 2.43 bits per heavy atom. The van der Waals surface area contributed by atoms with Gasteiger partial charge in [-0.15, -0.1) is 0 Å². The second-order valence-electron chi connectivity index (χ2n) is 6.96. The minimum Gasteiger partial charge on any atom is -0.367 e. The molecule has 3 aromatic carbocycles. The fourth-order valence-electron chi connectivity index (χ4n) is 3.59. The molecule has 1 aliphatic rings. The van der Waals surface area contributed by atoms with E-state index in [1.54, 1.807) is 18.2 Å². The molecule has 1 heterocycles. The lowest BCUT2D eigenvalue weighted by atomic mass is 10.0. The van der Waals surface area contributed by atoms with E-state index in [1.165, 1.54) is 23.2 Å². The van der Waals surface area contributed by atoms with Gasteiger partial charge in [-0.3, -0.25) is 4.79 Å². The van der Waals surface area contributed by atoms with Crippen molar-refractivity contribution in [2.24, 2.45) is 0 Å². The lowest BCUT2D eigenvalue weighted by Gasteiger charge is -2.31. The van der Waals surface area contributed by atoms with Crippen LogP contribution in [-0.2, 0) is 13.0 Å². The summed E-state index contributed by atoms with van der Waals surface area (Å²) < 4.78 is 0. The second kappa shape index (κ2) is 8.26. The first kappa shape index (κ1) is 18.9. The summed E-state index contributed by atoms with van der Waals surface area (Å²) in [6.07, 6.45) is 2.30. The maximum atomic E-state index is 12.5. The monoisotopic (exact) mass is 410 g/mol. The van der Waals surface area contributed by atoms with Crippen LogP contribution >= 0.6 is 23.2 Å². The molecular formula is C23H20Cl2N2O. The number of hydrogen-bond donors (Lipinski definition) is 1. The topological polar surface area (TPSA) is 32.3 Å². The molecule has 5 heteroatoms. The minimum atomic E-state index is -0.187. The van der Waals surface area contributed by atoms with Crippen molar-refractivity contribution in [1.82, 2.24) is 0 Å². The van der Waals surface area contributed by atoms with Crippen LogP contribution in [0.3, 0.4) is 0 Å². The highest BCUT2D eigenvalue weighted by Gasteiger charge is 2.16. The molecule has 3 aromatic rings. The summed E-state index contributed by atoms with van der Waals surface area (Å²) in [6, 6.07) is 21.3. The maximum absolute atomic E-state index is 12.5. The van der Waals surface area contributed by atoms with E-state index in [1.807, 2.05) is 24.3 Å². The van der Waals surface area contributed by atoms with Gasteiger partial charge in [0.15, 0.2) is 0 Å². The van der Waals surface area contributed by atoms with Crippen LogP contribution < -0.4 is 10.2 Å². The van der Waals surface area contributed by atoms with Crippen LogP contribution in [0.5, 0.6) is 0 Å². The van der Waals surface area contributed by atoms with Gasteiger partial charge in [0.1, 0.15) is 0 Å². The number of carbonyl (C=O) groups excluding carboxylic acids is 1. The third-order valence-corrected chi connectivity index (χ3v) is 5.35. The van der Waals surface area contributed by atoms with Crippen molar-refractivity contribution in [1.29, 1.82) is 0 Å². The van der Waals surface area contributed by atoms with E-state index in [9.17, 15) is 4.79 Å². The highest BCUT2D eigenvalue weighted by Crippen LogP contribution is 2.28. The van der Waals surface area contributed by atoms with Crippen molar-refractivity contribution in [3.63, 3.8) is 0 Å². The second-order valence-corrected chi connectivity index (χ2v) is 7.84. The Balaban J connectivity index is 1.45. The molecule has 28 heavy (non-hydrogen) atoms. The van der Waals surface area contributed by atoms with Gasteiger partial charge in [0.05, 0.1) is 0 Å². The number of rotatable bonds is 4. The Kier molecular flexibility index (Phi) is 5.56. The largest absolute Gasteiger partial charge is 0.367 e. The fourth-order valence-corrected chi connectivity index (χ4v) is 4.11. The average molecular weight is 411 g/mol. The van der Waals surface area contributed by atoms with Gasteiger partial charge in [-0.1, -0.05) is 53.5 Å². The fraction of sp³-hybridized carbons (Fsp3) is 0.174. The lowest BCUT2D eigenvalue weighted by Crippen LogP contribution is -2.28. The van der Waals surface area contributed by atoms with E-state index in [0.29, 0.717) is 21.3 Å². The predicted octanol–water partition coefficient (Wildman–Crippen LogP) is 6.20. The van der Waals surface area contributed by atoms with E-state index in [-0.39, 0.29) is 5.91 Å². The van der Waals surface area contributed by atoms with Crippen LogP contribution in [0.25, 0.3) is 0 Å². The third kappa shape index (κ3) is 4.32. The number of aryl methyl sites for hydroxylation is 1. The smallest absolute Gasteiger partial charge is 0.255 e. The zero-order valence-corrected chi connectivity index (χ0v) is 16.8. The van der Waals surface area contributed by atoms with Gasteiger partial charge in [-0.2, -0.15) is 0 Å². The molecule has 0 fully saturated rings. The molecule has 0 atom stereocenters. The molecule has 1 N–H and O–H groups in total. The zero-order valence-electron chi connectivity index (χ0n) is 15.3. The molecule has 142 valence electrons. The van der Waals surface area contributed by atoms with Crippen molar-refractivity contribution < 1.29 is 4.79 Å². The lowest BCUT2D eigenvalue weighted by molar-refractivity contribution is 0.102. The van der Waals surface area contributed by atoms with E-state index in [0.717, 1.165) is 19.5 Å².